The SMILES string of the molecule is O=C(Oc1ccc(OC(=O)C(F)(F)C(F)(F)C(F)(F)F)cc1)C(F)(F)F. The van der Waals surface area contributed by atoms with Crippen molar-refractivity contribution in [2.24, 2.45) is 0 Å². The van der Waals surface area contributed by atoms with Gasteiger partial charge >= 0.3 is 36.1 Å². The van der Waals surface area contributed by atoms with Gasteiger partial charge in [-0.25, -0.2) is 9.59 Å². The number of benzene rings is 1. The van der Waals surface area contributed by atoms with Crippen molar-refractivity contribution in [2.75, 3.05) is 0 Å². The second kappa shape index (κ2) is 6.64. The van der Waals surface area contributed by atoms with Gasteiger partial charge in [0, 0.05) is 0 Å². The van der Waals surface area contributed by atoms with Crippen molar-refractivity contribution in [3.8, 4) is 11.5 Å². The Kier molecular flexibility index (Phi) is 5.49. The Balaban J connectivity index is 2.90. The summed E-state index contributed by atoms with van der Waals surface area (Å²) in [5.41, 5.74) is 0. The van der Waals surface area contributed by atoms with Gasteiger partial charge in [-0.1, -0.05) is 0 Å². The van der Waals surface area contributed by atoms with Crippen LogP contribution in [0, 0.1) is 0 Å². The van der Waals surface area contributed by atoms with E-state index in [2.05, 4.69) is 9.47 Å². The van der Waals surface area contributed by atoms with Crippen LogP contribution in [0.4, 0.5) is 43.9 Å². The average molecular weight is 402 g/mol. The summed E-state index contributed by atoms with van der Waals surface area (Å²) < 4.78 is 130. The number of hydrogen-bond donors (Lipinski definition) is 0. The minimum Gasteiger partial charge on any atom is -0.422 e. The molecule has 1 aromatic carbocycles. The van der Waals surface area contributed by atoms with Gasteiger partial charge in [0.1, 0.15) is 11.5 Å². The van der Waals surface area contributed by atoms with E-state index in [-0.39, 0.29) is 0 Å². The molecule has 0 aromatic heterocycles. The van der Waals surface area contributed by atoms with Gasteiger partial charge in [0.25, 0.3) is 0 Å². The van der Waals surface area contributed by atoms with Crippen molar-refractivity contribution in [2.45, 2.75) is 24.2 Å². The average Bonchev–Trinajstić information content (AvgIpc) is 2.46. The second-order valence-electron chi connectivity index (χ2n) is 4.39. The van der Waals surface area contributed by atoms with Crippen LogP contribution in [0.3, 0.4) is 0 Å². The molecule has 0 N–H and O–H groups in total. The van der Waals surface area contributed by atoms with Gasteiger partial charge in [-0.3, -0.25) is 0 Å². The van der Waals surface area contributed by atoms with Crippen molar-refractivity contribution in [3.05, 3.63) is 24.3 Å². The Labute approximate surface area is 136 Å². The predicted octanol–water partition coefficient (Wildman–Crippen LogP) is 3.89. The van der Waals surface area contributed by atoms with Crippen LogP contribution >= 0.6 is 0 Å². The standard InChI is InChI=1S/C12H4F10O4/c13-9(14,11(18,19)12(20,21)22)7(23)25-5-1-3-6(4-2-5)26-8(24)10(15,16)17/h1-4H. The number of alkyl halides is 10. The van der Waals surface area contributed by atoms with E-state index in [1.807, 2.05) is 0 Å². The molecule has 0 aliphatic heterocycles. The molecule has 0 spiro atoms. The Hall–Kier alpha value is -2.54. The van der Waals surface area contributed by atoms with E-state index in [9.17, 15) is 53.5 Å². The smallest absolute Gasteiger partial charge is 0.422 e. The van der Waals surface area contributed by atoms with Gasteiger partial charge in [0.05, 0.1) is 0 Å². The minimum absolute atomic E-state index is 0.415. The van der Waals surface area contributed by atoms with Crippen molar-refractivity contribution in [3.63, 3.8) is 0 Å². The molecule has 0 heterocycles. The van der Waals surface area contributed by atoms with E-state index in [4.69, 9.17) is 0 Å². The lowest BCUT2D eigenvalue weighted by molar-refractivity contribution is -0.346. The first-order valence-electron chi connectivity index (χ1n) is 5.94. The summed E-state index contributed by atoms with van der Waals surface area (Å²) in [4.78, 5) is 21.4. The fourth-order valence-electron chi connectivity index (χ4n) is 1.22. The summed E-state index contributed by atoms with van der Waals surface area (Å²) in [6.45, 7) is 0. The van der Waals surface area contributed by atoms with E-state index in [0.717, 1.165) is 0 Å². The molecule has 26 heavy (non-hydrogen) atoms. The maximum atomic E-state index is 13.0. The van der Waals surface area contributed by atoms with Crippen molar-refractivity contribution >= 4 is 11.9 Å². The van der Waals surface area contributed by atoms with E-state index >= 15 is 0 Å². The molecule has 4 nitrogen and oxygen atoms in total. The molecule has 146 valence electrons. The van der Waals surface area contributed by atoms with Gasteiger partial charge < -0.3 is 9.47 Å². The van der Waals surface area contributed by atoms with Crippen LogP contribution in [0.15, 0.2) is 24.3 Å². The normalized spacial score (nSPS) is 13.3. The third-order valence-corrected chi connectivity index (χ3v) is 2.48. The first kappa shape index (κ1) is 21.5. The van der Waals surface area contributed by atoms with Gasteiger partial charge in [0.2, 0.25) is 0 Å². The highest BCUT2D eigenvalue weighted by Crippen LogP contribution is 2.47. The van der Waals surface area contributed by atoms with Crippen LogP contribution in [-0.2, 0) is 9.59 Å². The molecule has 0 unspecified atom stereocenters. The molecule has 1 rings (SSSR count). The van der Waals surface area contributed by atoms with Crippen molar-refractivity contribution in [1.82, 2.24) is 0 Å². The third-order valence-electron chi connectivity index (χ3n) is 2.48. The number of halogens is 10. The fraction of sp³-hybridized carbons (Fsp3) is 0.333. The third kappa shape index (κ3) is 4.35. The summed E-state index contributed by atoms with van der Waals surface area (Å²) >= 11 is 0. The highest BCUT2D eigenvalue weighted by atomic mass is 19.4. The Morgan fingerprint density at radius 1 is 0.654 bits per heavy atom. The number of hydrogen-bond acceptors (Lipinski definition) is 4. The maximum Gasteiger partial charge on any atom is 0.491 e. The molecule has 0 saturated heterocycles. The Morgan fingerprint density at radius 2 is 1.00 bits per heavy atom. The van der Waals surface area contributed by atoms with E-state index < -0.39 is 47.6 Å². The first-order valence-corrected chi connectivity index (χ1v) is 5.94. The summed E-state index contributed by atoms with van der Waals surface area (Å²) in [7, 11) is 0. The van der Waals surface area contributed by atoms with Crippen LogP contribution in [0.2, 0.25) is 0 Å². The van der Waals surface area contributed by atoms with Crippen LogP contribution in [0.25, 0.3) is 0 Å². The minimum atomic E-state index is -6.76. The predicted molar refractivity (Wildman–Crippen MR) is 59.7 cm³/mol. The van der Waals surface area contributed by atoms with E-state index in [1.54, 1.807) is 0 Å². The topological polar surface area (TPSA) is 52.6 Å². The molecule has 0 fully saturated rings. The van der Waals surface area contributed by atoms with E-state index in [1.165, 1.54) is 0 Å². The Morgan fingerprint density at radius 3 is 1.31 bits per heavy atom. The molecular formula is C12H4F10O4. The number of esters is 2. The zero-order valence-corrected chi connectivity index (χ0v) is 11.7. The molecule has 0 saturated carbocycles. The van der Waals surface area contributed by atoms with Crippen molar-refractivity contribution < 1.29 is 63.0 Å². The second-order valence-corrected chi connectivity index (χ2v) is 4.39. The number of carbonyl (C=O) groups excluding carboxylic acids is 2. The Bertz CT molecular complexity index is 675. The summed E-state index contributed by atoms with van der Waals surface area (Å²) in [5, 5.41) is 0. The van der Waals surface area contributed by atoms with E-state index in [0.29, 0.717) is 24.3 Å². The monoisotopic (exact) mass is 402 g/mol. The summed E-state index contributed by atoms with van der Waals surface area (Å²) in [6.07, 6.45) is -12.1. The van der Waals surface area contributed by atoms with Crippen molar-refractivity contribution in [1.29, 1.82) is 0 Å². The molecule has 0 aliphatic rings. The highest BCUT2D eigenvalue weighted by molar-refractivity contribution is 5.81. The molecule has 0 aliphatic carbocycles. The van der Waals surface area contributed by atoms with Crippen LogP contribution < -0.4 is 9.47 Å². The van der Waals surface area contributed by atoms with Crippen LogP contribution in [0.1, 0.15) is 0 Å². The largest absolute Gasteiger partial charge is 0.491 e. The highest BCUT2D eigenvalue weighted by Gasteiger charge is 2.77. The lowest BCUT2D eigenvalue weighted by Gasteiger charge is -2.26. The van der Waals surface area contributed by atoms with Crippen LogP contribution in [-0.4, -0.2) is 36.1 Å². The zero-order valence-electron chi connectivity index (χ0n) is 11.7. The molecule has 1 aromatic rings. The summed E-state index contributed by atoms with van der Waals surface area (Å²) in [5.74, 6) is -20.8. The maximum absolute atomic E-state index is 13.0. The zero-order chi connectivity index (χ0) is 20.6. The number of ether oxygens (including phenoxy) is 2. The molecule has 0 radical (unpaired) electrons. The fourth-order valence-corrected chi connectivity index (χ4v) is 1.22. The lowest BCUT2D eigenvalue weighted by Crippen LogP contribution is -2.57. The van der Waals surface area contributed by atoms with Gasteiger partial charge in [-0.05, 0) is 24.3 Å². The molecule has 0 bridgehead atoms. The van der Waals surface area contributed by atoms with Gasteiger partial charge in [0.15, 0.2) is 0 Å². The first-order chi connectivity index (χ1) is 11.5. The molecule has 14 heteroatoms. The lowest BCUT2D eigenvalue weighted by atomic mass is 10.1. The van der Waals surface area contributed by atoms with Gasteiger partial charge in [-0.15, -0.1) is 0 Å². The molecule has 0 atom stereocenters. The number of carbonyl (C=O) groups is 2. The van der Waals surface area contributed by atoms with Crippen LogP contribution in [0.5, 0.6) is 11.5 Å². The molecule has 0 amide bonds. The molecular weight excluding hydrogens is 398 g/mol. The van der Waals surface area contributed by atoms with Gasteiger partial charge in [-0.2, -0.15) is 43.9 Å². The quantitative estimate of drug-likeness (QED) is 0.436. The summed E-state index contributed by atoms with van der Waals surface area (Å²) in [6, 6.07) is 1.79. The number of rotatable bonds is 4.